The van der Waals surface area contributed by atoms with Gasteiger partial charge in [0.2, 0.25) is 5.91 Å². The van der Waals surface area contributed by atoms with Gasteiger partial charge in [-0.15, -0.1) is 0 Å². The zero-order valence-corrected chi connectivity index (χ0v) is 11.8. The zero-order valence-electron chi connectivity index (χ0n) is 11.0. The highest BCUT2D eigenvalue weighted by Gasteiger charge is 2.36. The van der Waals surface area contributed by atoms with Gasteiger partial charge in [-0.2, -0.15) is 0 Å². The van der Waals surface area contributed by atoms with Crippen LogP contribution in [0.3, 0.4) is 0 Å². The molecule has 0 radical (unpaired) electrons. The van der Waals surface area contributed by atoms with Gasteiger partial charge in [0.15, 0.2) is 0 Å². The fourth-order valence-electron chi connectivity index (χ4n) is 2.58. The van der Waals surface area contributed by atoms with E-state index in [9.17, 15) is 9.59 Å². The highest BCUT2D eigenvalue weighted by atomic mass is 35.5. The fourth-order valence-corrected chi connectivity index (χ4v) is 2.83. The lowest BCUT2D eigenvalue weighted by Crippen LogP contribution is -2.14. The second-order valence-electron chi connectivity index (χ2n) is 4.89. The molecular formula is C16H12ClNO3. The van der Waals surface area contributed by atoms with Crippen LogP contribution in [0.25, 0.3) is 0 Å². The Morgan fingerprint density at radius 3 is 2.62 bits per heavy atom. The number of amides is 1. The van der Waals surface area contributed by atoms with Gasteiger partial charge in [-0.05, 0) is 17.7 Å². The molecule has 2 aromatic carbocycles. The molecule has 2 N–H and O–H groups in total. The van der Waals surface area contributed by atoms with Gasteiger partial charge in [0.1, 0.15) is 11.7 Å². The average Bonchev–Trinajstić information content (AvgIpc) is 2.75. The maximum absolute atomic E-state index is 12.2. The van der Waals surface area contributed by atoms with Crippen molar-refractivity contribution >= 4 is 23.5 Å². The van der Waals surface area contributed by atoms with Crippen molar-refractivity contribution in [3.8, 4) is 5.75 Å². The van der Waals surface area contributed by atoms with E-state index in [-0.39, 0.29) is 12.4 Å². The number of esters is 1. The molecule has 4 nitrogen and oxygen atoms in total. The minimum absolute atomic E-state index is 0.0162. The van der Waals surface area contributed by atoms with E-state index in [1.54, 1.807) is 12.1 Å². The number of nitrogens with two attached hydrogens (primary N) is 1. The molecule has 0 fully saturated rings. The molecule has 106 valence electrons. The van der Waals surface area contributed by atoms with E-state index >= 15 is 0 Å². The van der Waals surface area contributed by atoms with Crippen molar-refractivity contribution in [1.29, 1.82) is 0 Å². The summed E-state index contributed by atoms with van der Waals surface area (Å²) < 4.78 is 5.36. The normalized spacial score (nSPS) is 16.4. The van der Waals surface area contributed by atoms with Crippen LogP contribution in [0.2, 0.25) is 5.02 Å². The van der Waals surface area contributed by atoms with E-state index in [0.29, 0.717) is 21.9 Å². The summed E-state index contributed by atoms with van der Waals surface area (Å²) in [6.07, 6.45) is -0.0162. The molecule has 2 aromatic rings. The van der Waals surface area contributed by atoms with Crippen LogP contribution in [-0.2, 0) is 16.0 Å². The quantitative estimate of drug-likeness (QED) is 0.699. The van der Waals surface area contributed by atoms with Gasteiger partial charge in [-0.25, -0.2) is 0 Å². The molecule has 1 unspecified atom stereocenters. The number of hydrogen-bond acceptors (Lipinski definition) is 3. The van der Waals surface area contributed by atoms with Gasteiger partial charge < -0.3 is 10.5 Å². The van der Waals surface area contributed by atoms with E-state index in [1.165, 1.54) is 0 Å². The van der Waals surface area contributed by atoms with Crippen molar-refractivity contribution < 1.29 is 14.3 Å². The fraction of sp³-hybridized carbons (Fsp3) is 0.125. The van der Waals surface area contributed by atoms with Crippen molar-refractivity contribution in [1.82, 2.24) is 0 Å². The number of benzene rings is 2. The summed E-state index contributed by atoms with van der Waals surface area (Å²) in [5.41, 5.74) is 7.27. The molecule has 1 heterocycles. The van der Waals surface area contributed by atoms with Crippen LogP contribution in [-0.4, -0.2) is 11.9 Å². The van der Waals surface area contributed by atoms with E-state index < -0.39 is 11.8 Å². The molecule has 1 atom stereocenters. The topological polar surface area (TPSA) is 69.4 Å². The number of hydrogen-bond donors (Lipinski definition) is 1. The zero-order chi connectivity index (χ0) is 15.0. The van der Waals surface area contributed by atoms with Gasteiger partial charge in [0.05, 0.1) is 6.42 Å². The largest absolute Gasteiger partial charge is 0.425 e. The number of carbonyl (C=O) groups excluding carboxylic acids is 2. The Balaban J connectivity index is 2.13. The molecule has 0 saturated heterocycles. The van der Waals surface area contributed by atoms with Crippen molar-refractivity contribution in [2.45, 2.75) is 12.3 Å². The lowest BCUT2D eigenvalue weighted by molar-refractivity contribution is -0.133. The second-order valence-corrected chi connectivity index (χ2v) is 5.33. The summed E-state index contributed by atoms with van der Waals surface area (Å²) in [5, 5.41) is 0.448. The third-order valence-electron chi connectivity index (χ3n) is 3.41. The lowest BCUT2D eigenvalue weighted by atomic mass is 9.91. The van der Waals surface area contributed by atoms with Gasteiger partial charge in [0, 0.05) is 16.1 Å². The van der Waals surface area contributed by atoms with Crippen molar-refractivity contribution in [2.24, 2.45) is 5.73 Å². The Morgan fingerprint density at radius 1 is 1.24 bits per heavy atom. The van der Waals surface area contributed by atoms with Crippen LogP contribution < -0.4 is 10.5 Å². The van der Waals surface area contributed by atoms with Crippen molar-refractivity contribution in [3.05, 3.63) is 64.2 Å². The molecular weight excluding hydrogens is 290 g/mol. The number of carbonyl (C=O) groups is 2. The number of primary amides is 1. The molecule has 0 bridgehead atoms. The highest BCUT2D eigenvalue weighted by Crippen LogP contribution is 2.43. The molecule has 0 saturated carbocycles. The molecule has 0 aromatic heterocycles. The number of halogens is 1. The van der Waals surface area contributed by atoms with Gasteiger partial charge in [-0.3, -0.25) is 9.59 Å². The first kappa shape index (κ1) is 13.6. The van der Waals surface area contributed by atoms with Crippen LogP contribution in [0.4, 0.5) is 0 Å². The molecule has 1 aliphatic rings. The number of ether oxygens (including phenoxy) is 1. The molecule has 0 aliphatic carbocycles. The number of rotatable bonds is 3. The minimum atomic E-state index is -0.522. The summed E-state index contributed by atoms with van der Waals surface area (Å²) in [7, 11) is 0. The highest BCUT2D eigenvalue weighted by molar-refractivity contribution is 6.31. The van der Waals surface area contributed by atoms with Crippen molar-refractivity contribution in [3.63, 3.8) is 0 Å². The molecule has 5 heteroatoms. The van der Waals surface area contributed by atoms with Gasteiger partial charge >= 0.3 is 5.97 Å². The Hall–Kier alpha value is -2.33. The monoisotopic (exact) mass is 301 g/mol. The Morgan fingerprint density at radius 2 is 1.95 bits per heavy atom. The Labute approximate surface area is 126 Å². The molecule has 21 heavy (non-hydrogen) atoms. The summed E-state index contributed by atoms with van der Waals surface area (Å²) in [6, 6.07) is 12.6. The molecule has 3 rings (SSSR count). The Kier molecular flexibility index (Phi) is 3.39. The molecule has 1 amide bonds. The minimum Gasteiger partial charge on any atom is -0.425 e. The maximum atomic E-state index is 12.2. The van der Waals surface area contributed by atoms with E-state index in [1.807, 2.05) is 30.3 Å². The van der Waals surface area contributed by atoms with Gasteiger partial charge in [0.25, 0.3) is 0 Å². The summed E-state index contributed by atoms with van der Waals surface area (Å²) in [4.78, 5) is 23.4. The van der Waals surface area contributed by atoms with Crippen LogP contribution in [0.15, 0.2) is 42.5 Å². The first-order chi connectivity index (χ1) is 10.1. The van der Waals surface area contributed by atoms with Crippen LogP contribution >= 0.6 is 11.6 Å². The smallest absolute Gasteiger partial charge is 0.323 e. The van der Waals surface area contributed by atoms with Crippen LogP contribution in [0, 0.1) is 0 Å². The molecule has 1 aliphatic heterocycles. The summed E-state index contributed by atoms with van der Waals surface area (Å²) in [5.74, 6) is -0.994. The SMILES string of the molecule is NC(=O)Cc1cc(Cl)cc2c1OC(=O)C2c1ccccc1. The molecule has 0 spiro atoms. The van der Waals surface area contributed by atoms with Gasteiger partial charge in [-0.1, -0.05) is 41.9 Å². The standard InChI is InChI=1S/C16H12ClNO3/c17-11-6-10(7-13(18)19)15-12(8-11)14(16(20)21-15)9-4-2-1-3-5-9/h1-6,8,14H,7H2,(H2,18,19). The first-order valence-electron chi connectivity index (χ1n) is 6.43. The third-order valence-corrected chi connectivity index (χ3v) is 3.62. The predicted octanol–water partition coefficient (Wildman–Crippen LogP) is 2.42. The summed E-state index contributed by atoms with van der Waals surface area (Å²) in [6.45, 7) is 0. The third kappa shape index (κ3) is 2.50. The lowest BCUT2D eigenvalue weighted by Gasteiger charge is -2.09. The van der Waals surface area contributed by atoms with E-state index in [0.717, 1.165) is 5.56 Å². The maximum Gasteiger partial charge on any atom is 0.323 e. The number of fused-ring (bicyclic) bond motifs is 1. The van der Waals surface area contributed by atoms with Crippen LogP contribution in [0.1, 0.15) is 22.6 Å². The van der Waals surface area contributed by atoms with Crippen LogP contribution in [0.5, 0.6) is 5.75 Å². The van der Waals surface area contributed by atoms with E-state index in [2.05, 4.69) is 0 Å². The summed E-state index contributed by atoms with van der Waals surface area (Å²) >= 11 is 6.09. The first-order valence-corrected chi connectivity index (χ1v) is 6.81. The van der Waals surface area contributed by atoms with E-state index in [4.69, 9.17) is 22.1 Å². The Bertz CT molecular complexity index is 728. The average molecular weight is 302 g/mol. The second kappa shape index (κ2) is 5.22. The predicted molar refractivity (Wildman–Crippen MR) is 78.3 cm³/mol. The van der Waals surface area contributed by atoms with Crippen molar-refractivity contribution in [2.75, 3.05) is 0 Å².